The molecular weight excluding hydrogens is 380 g/mol. The van der Waals surface area contributed by atoms with Crippen LogP contribution in [0, 0.1) is 3.70 Å². The van der Waals surface area contributed by atoms with Crippen LogP contribution in [0.4, 0.5) is 13.2 Å². The minimum absolute atomic E-state index is 0.00533. The van der Waals surface area contributed by atoms with Gasteiger partial charge in [-0.2, -0.15) is 0 Å². The zero-order valence-electron chi connectivity index (χ0n) is 9.75. The quantitative estimate of drug-likeness (QED) is 0.482. The van der Waals surface area contributed by atoms with Gasteiger partial charge in [-0.05, 0) is 34.2 Å². The highest BCUT2D eigenvalue weighted by atomic mass is 127. The first-order valence-electron chi connectivity index (χ1n) is 4.97. The van der Waals surface area contributed by atoms with Gasteiger partial charge in [0.05, 0.1) is 19.2 Å². The van der Waals surface area contributed by atoms with E-state index in [0.29, 0.717) is 5.69 Å². The number of hydrogen-bond acceptors (Lipinski definition) is 5. The molecule has 0 saturated heterocycles. The number of nitrogens with zero attached hydrogens (tertiary/aromatic N) is 1. The van der Waals surface area contributed by atoms with Crippen molar-refractivity contribution >= 4 is 28.6 Å². The number of rotatable bonds is 4. The van der Waals surface area contributed by atoms with E-state index in [1.807, 2.05) is 0 Å². The third kappa shape index (κ3) is 4.82. The number of aromatic nitrogens is 1. The van der Waals surface area contributed by atoms with Gasteiger partial charge in [-0.1, -0.05) is 0 Å². The minimum Gasteiger partial charge on any atom is -0.469 e. The summed E-state index contributed by atoms with van der Waals surface area (Å²) in [6.07, 6.45) is -5.05. The third-order valence-electron chi connectivity index (χ3n) is 2.09. The van der Waals surface area contributed by atoms with Crippen molar-refractivity contribution in [1.29, 1.82) is 0 Å². The molecule has 0 aliphatic rings. The average Bonchev–Trinajstić information content (AvgIpc) is 2.31. The lowest BCUT2D eigenvalue weighted by Gasteiger charge is -2.13. The van der Waals surface area contributed by atoms with E-state index < -0.39 is 18.1 Å². The Morgan fingerprint density at radius 3 is 2.63 bits per heavy atom. The van der Waals surface area contributed by atoms with Crippen molar-refractivity contribution in [2.45, 2.75) is 19.3 Å². The number of esters is 1. The molecule has 2 N–H and O–H groups in total. The summed E-state index contributed by atoms with van der Waals surface area (Å²) >= 11 is 1.60. The Labute approximate surface area is 120 Å². The highest BCUT2D eigenvalue weighted by Gasteiger charge is 2.32. The molecule has 0 aliphatic carbocycles. The standard InChI is InChI=1S/C10H10F3IN2O3/c1-18-8(17)3-5-2-7(19-10(11,12)13)9(14)16-6(5)4-15/h2H,3-4,15H2,1H3. The van der Waals surface area contributed by atoms with Crippen molar-refractivity contribution in [1.82, 2.24) is 4.98 Å². The molecule has 0 amide bonds. The van der Waals surface area contributed by atoms with Crippen molar-refractivity contribution in [3.8, 4) is 5.75 Å². The SMILES string of the molecule is COC(=O)Cc1cc(OC(F)(F)F)c(I)nc1CN. The van der Waals surface area contributed by atoms with Crippen LogP contribution in [-0.4, -0.2) is 24.4 Å². The fourth-order valence-electron chi connectivity index (χ4n) is 1.30. The van der Waals surface area contributed by atoms with Gasteiger partial charge in [-0.3, -0.25) is 4.79 Å². The van der Waals surface area contributed by atoms with E-state index in [2.05, 4.69) is 14.5 Å². The molecular formula is C10H10F3IN2O3. The third-order valence-corrected chi connectivity index (χ3v) is 2.87. The molecule has 9 heteroatoms. The molecule has 0 unspecified atom stereocenters. The van der Waals surface area contributed by atoms with Gasteiger partial charge in [0.1, 0.15) is 3.70 Å². The van der Waals surface area contributed by atoms with Crippen molar-refractivity contribution in [2.75, 3.05) is 7.11 Å². The summed E-state index contributed by atoms with van der Waals surface area (Å²) in [5.74, 6) is -1.07. The number of hydrogen-bond donors (Lipinski definition) is 1. The number of carbonyl (C=O) groups is 1. The molecule has 1 heterocycles. The topological polar surface area (TPSA) is 74.4 Å². The second-order valence-corrected chi connectivity index (χ2v) is 4.41. The molecule has 1 aromatic heterocycles. The fourth-order valence-corrected chi connectivity index (χ4v) is 1.86. The zero-order valence-corrected chi connectivity index (χ0v) is 11.9. The van der Waals surface area contributed by atoms with Crippen LogP contribution in [0.5, 0.6) is 5.75 Å². The van der Waals surface area contributed by atoms with Gasteiger partial charge in [-0.15, -0.1) is 13.2 Å². The largest absolute Gasteiger partial charge is 0.573 e. The van der Waals surface area contributed by atoms with Gasteiger partial charge in [0.25, 0.3) is 0 Å². The van der Waals surface area contributed by atoms with E-state index in [9.17, 15) is 18.0 Å². The molecule has 19 heavy (non-hydrogen) atoms. The highest BCUT2D eigenvalue weighted by Crippen LogP contribution is 2.28. The molecule has 1 rings (SSSR count). The van der Waals surface area contributed by atoms with Crippen LogP contribution < -0.4 is 10.5 Å². The van der Waals surface area contributed by atoms with E-state index >= 15 is 0 Å². The summed E-state index contributed by atoms with van der Waals surface area (Å²) in [6, 6.07) is 1.10. The number of methoxy groups -OCH3 is 1. The lowest BCUT2D eigenvalue weighted by atomic mass is 10.1. The number of ether oxygens (including phenoxy) is 2. The minimum atomic E-state index is -4.83. The summed E-state index contributed by atoms with van der Waals surface area (Å²) in [7, 11) is 1.18. The van der Waals surface area contributed by atoms with Crippen molar-refractivity contribution in [3.05, 3.63) is 21.0 Å². The molecule has 0 atom stereocenters. The molecule has 0 spiro atoms. The number of carbonyl (C=O) groups excluding carboxylic acids is 1. The summed E-state index contributed by atoms with van der Waals surface area (Å²) in [6.45, 7) is -0.00533. The Kier molecular flexibility index (Phi) is 5.35. The maximum Gasteiger partial charge on any atom is 0.573 e. The Hall–Kier alpha value is -1.10. The van der Waals surface area contributed by atoms with Gasteiger partial charge in [0, 0.05) is 6.54 Å². The van der Waals surface area contributed by atoms with Crippen LogP contribution >= 0.6 is 22.6 Å². The van der Waals surface area contributed by atoms with E-state index in [0.717, 1.165) is 6.07 Å². The van der Waals surface area contributed by atoms with E-state index in [-0.39, 0.29) is 22.2 Å². The lowest BCUT2D eigenvalue weighted by molar-refractivity contribution is -0.275. The first-order valence-corrected chi connectivity index (χ1v) is 6.05. The second-order valence-electron chi connectivity index (χ2n) is 3.39. The maximum atomic E-state index is 12.2. The van der Waals surface area contributed by atoms with Gasteiger partial charge in [0.15, 0.2) is 5.75 Å². The van der Waals surface area contributed by atoms with Gasteiger partial charge >= 0.3 is 12.3 Å². The summed E-state index contributed by atoms with van der Waals surface area (Å²) in [5.41, 5.74) is 6.00. The zero-order chi connectivity index (χ0) is 14.6. The van der Waals surface area contributed by atoms with Crippen LogP contribution in [0.3, 0.4) is 0 Å². The Morgan fingerprint density at radius 2 is 2.16 bits per heavy atom. The van der Waals surface area contributed by atoms with Crippen LogP contribution in [0.2, 0.25) is 0 Å². The molecule has 0 fully saturated rings. The molecule has 0 aromatic carbocycles. The summed E-state index contributed by atoms with van der Waals surface area (Å²) in [5, 5.41) is 0. The Bertz CT molecular complexity index is 480. The predicted molar refractivity (Wildman–Crippen MR) is 67.2 cm³/mol. The Balaban J connectivity index is 3.14. The van der Waals surface area contributed by atoms with Gasteiger partial charge in [0.2, 0.25) is 0 Å². The number of alkyl halides is 3. The molecule has 1 aromatic rings. The molecule has 0 radical (unpaired) electrons. The van der Waals surface area contributed by atoms with Crippen LogP contribution in [0.15, 0.2) is 6.07 Å². The first-order chi connectivity index (χ1) is 8.76. The number of pyridine rings is 1. The molecule has 0 saturated carbocycles. The number of nitrogens with two attached hydrogens (primary N) is 1. The molecule has 0 aliphatic heterocycles. The summed E-state index contributed by atoms with van der Waals surface area (Å²) < 4.78 is 44.9. The van der Waals surface area contributed by atoms with Crippen molar-refractivity contribution in [2.24, 2.45) is 5.73 Å². The smallest absolute Gasteiger partial charge is 0.469 e. The summed E-state index contributed by atoms with van der Waals surface area (Å²) in [4.78, 5) is 15.1. The van der Waals surface area contributed by atoms with E-state index in [1.165, 1.54) is 7.11 Å². The molecule has 5 nitrogen and oxygen atoms in total. The lowest BCUT2D eigenvalue weighted by Crippen LogP contribution is -2.19. The maximum absolute atomic E-state index is 12.2. The Morgan fingerprint density at radius 1 is 1.53 bits per heavy atom. The fraction of sp³-hybridized carbons (Fsp3) is 0.400. The van der Waals surface area contributed by atoms with Crippen LogP contribution in [0.25, 0.3) is 0 Å². The van der Waals surface area contributed by atoms with Crippen LogP contribution in [0.1, 0.15) is 11.3 Å². The number of halogens is 4. The highest BCUT2D eigenvalue weighted by molar-refractivity contribution is 14.1. The average molecular weight is 390 g/mol. The van der Waals surface area contributed by atoms with Crippen LogP contribution in [-0.2, 0) is 22.5 Å². The molecule has 106 valence electrons. The monoisotopic (exact) mass is 390 g/mol. The normalized spacial score (nSPS) is 11.3. The van der Waals surface area contributed by atoms with E-state index in [1.54, 1.807) is 22.6 Å². The van der Waals surface area contributed by atoms with Crippen molar-refractivity contribution < 1.29 is 27.4 Å². The van der Waals surface area contributed by atoms with Crippen molar-refractivity contribution in [3.63, 3.8) is 0 Å². The second kappa shape index (κ2) is 6.37. The first kappa shape index (κ1) is 16.0. The van der Waals surface area contributed by atoms with E-state index in [4.69, 9.17) is 5.73 Å². The van der Waals surface area contributed by atoms with Gasteiger partial charge in [-0.25, -0.2) is 4.98 Å². The predicted octanol–water partition coefficient (Wildman–Crippen LogP) is 1.76. The van der Waals surface area contributed by atoms with Gasteiger partial charge < -0.3 is 15.2 Å². The molecule has 0 bridgehead atoms.